The van der Waals surface area contributed by atoms with Crippen LogP contribution in [0.3, 0.4) is 0 Å². The SMILES string of the molecule is COc1ccc(S(=O)(=O)N(C)C)cc1NC(=O)c1cc(-c2ccccc2)nc2c1cnn2C(C)C. The summed E-state index contributed by atoms with van der Waals surface area (Å²) >= 11 is 0. The zero-order valence-corrected chi connectivity index (χ0v) is 21.0. The molecule has 182 valence electrons. The third kappa shape index (κ3) is 4.62. The fourth-order valence-corrected chi connectivity index (χ4v) is 4.61. The fourth-order valence-electron chi connectivity index (χ4n) is 3.69. The van der Waals surface area contributed by atoms with Crippen LogP contribution >= 0.6 is 0 Å². The number of methoxy groups -OCH3 is 1. The molecule has 0 aliphatic carbocycles. The molecule has 9 nitrogen and oxygen atoms in total. The average molecular weight is 494 g/mol. The number of ether oxygens (including phenoxy) is 1. The molecule has 1 N–H and O–H groups in total. The van der Waals surface area contributed by atoms with E-state index in [1.807, 2.05) is 44.2 Å². The minimum absolute atomic E-state index is 0.0370. The number of nitrogens with zero attached hydrogens (tertiary/aromatic N) is 4. The Labute approximate surface area is 204 Å². The van der Waals surface area contributed by atoms with Gasteiger partial charge in [0.2, 0.25) is 10.0 Å². The lowest BCUT2D eigenvalue weighted by molar-refractivity contribution is 0.102. The minimum atomic E-state index is -3.71. The molecule has 0 aliphatic rings. The molecule has 0 saturated heterocycles. The largest absolute Gasteiger partial charge is 0.495 e. The van der Waals surface area contributed by atoms with E-state index in [1.165, 1.54) is 39.4 Å². The van der Waals surface area contributed by atoms with Crippen LogP contribution in [0.15, 0.2) is 65.7 Å². The maximum atomic E-state index is 13.6. The topological polar surface area (TPSA) is 106 Å². The molecular formula is C25H27N5O4S. The minimum Gasteiger partial charge on any atom is -0.495 e. The number of carbonyl (C=O) groups excluding carboxylic acids is 1. The van der Waals surface area contributed by atoms with Crippen LogP contribution in [0.2, 0.25) is 0 Å². The number of amides is 1. The van der Waals surface area contributed by atoms with Crippen molar-refractivity contribution in [2.45, 2.75) is 24.8 Å². The first-order chi connectivity index (χ1) is 16.6. The van der Waals surface area contributed by atoms with E-state index in [-0.39, 0.29) is 16.6 Å². The van der Waals surface area contributed by atoms with Gasteiger partial charge in [0.25, 0.3) is 5.91 Å². The van der Waals surface area contributed by atoms with Gasteiger partial charge in [-0.1, -0.05) is 30.3 Å². The molecule has 10 heteroatoms. The standard InChI is InChI=1S/C25H27N5O4S/c1-16(2)30-24-20(15-26-30)19(14-21(27-24)17-9-7-6-8-10-17)25(31)28-22-13-18(11-12-23(22)34-5)35(32,33)29(3)4/h6-16H,1-5H3,(H,28,31). The van der Waals surface area contributed by atoms with E-state index in [0.717, 1.165) is 9.87 Å². The molecule has 0 radical (unpaired) electrons. The van der Waals surface area contributed by atoms with Crippen molar-refractivity contribution < 1.29 is 17.9 Å². The van der Waals surface area contributed by atoms with Gasteiger partial charge in [-0.2, -0.15) is 5.10 Å². The highest BCUT2D eigenvalue weighted by molar-refractivity contribution is 7.89. The van der Waals surface area contributed by atoms with Crippen LogP contribution in [-0.4, -0.2) is 54.6 Å². The lowest BCUT2D eigenvalue weighted by Crippen LogP contribution is -2.22. The Kier molecular flexibility index (Phi) is 6.60. The highest BCUT2D eigenvalue weighted by Gasteiger charge is 2.22. The van der Waals surface area contributed by atoms with Crippen LogP contribution < -0.4 is 10.1 Å². The molecule has 0 bridgehead atoms. The van der Waals surface area contributed by atoms with Gasteiger partial charge in [0.15, 0.2) is 5.65 Å². The van der Waals surface area contributed by atoms with Crippen molar-refractivity contribution in [2.24, 2.45) is 0 Å². The number of nitrogens with one attached hydrogen (secondary N) is 1. The molecule has 0 unspecified atom stereocenters. The molecule has 0 saturated carbocycles. The van der Waals surface area contributed by atoms with Gasteiger partial charge in [0.1, 0.15) is 5.75 Å². The summed E-state index contributed by atoms with van der Waals surface area (Å²) in [7, 11) is 0.644. The molecule has 2 aromatic carbocycles. The quantitative estimate of drug-likeness (QED) is 0.414. The summed E-state index contributed by atoms with van der Waals surface area (Å²) in [6.07, 6.45) is 1.62. The molecular weight excluding hydrogens is 466 g/mol. The fraction of sp³-hybridized carbons (Fsp3) is 0.240. The van der Waals surface area contributed by atoms with Gasteiger partial charge < -0.3 is 10.1 Å². The van der Waals surface area contributed by atoms with Crippen LogP contribution in [-0.2, 0) is 10.0 Å². The first-order valence-corrected chi connectivity index (χ1v) is 12.4. The number of anilines is 1. The molecule has 2 aromatic heterocycles. The van der Waals surface area contributed by atoms with Crippen molar-refractivity contribution in [3.63, 3.8) is 0 Å². The molecule has 4 rings (SSSR count). The Morgan fingerprint density at radius 3 is 2.43 bits per heavy atom. The van der Waals surface area contributed by atoms with Crippen LogP contribution in [0.5, 0.6) is 5.75 Å². The first-order valence-electron chi connectivity index (χ1n) is 11.0. The third-order valence-electron chi connectivity index (χ3n) is 5.57. The lowest BCUT2D eigenvalue weighted by atomic mass is 10.1. The van der Waals surface area contributed by atoms with E-state index in [9.17, 15) is 13.2 Å². The lowest BCUT2D eigenvalue weighted by Gasteiger charge is -2.16. The highest BCUT2D eigenvalue weighted by atomic mass is 32.2. The summed E-state index contributed by atoms with van der Waals surface area (Å²) in [5.41, 5.74) is 2.67. The Hall–Kier alpha value is -3.76. The molecule has 35 heavy (non-hydrogen) atoms. The number of carbonyl (C=O) groups is 1. The number of rotatable bonds is 7. The molecule has 0 fully saturated rings. The maximum absolute atomic E-state index is 13.6. The summed E-state index contributed by atoms with van der Waals surface area (Å²) in [5, 5.41) is 7.86. The highest BCUT2D eigenvalue weighted by Crippen LogP contribution is 2.31. The Morgan fingerprint density at radius 1 is 1.09 bits per heavy atom. The summed E-state index contributed by atoms with van der Waals surface area (Å²) < 4.78 is 33.5. The zero-order valence-electron chi connectivity index (χ0n) is 20.2. The summed E-state index contributed by atoms with van der Waals surface area (Å²) in [5.74, 6) is -0.0990. The van der Waals surface area contributed by atoms with Crippen molar-refractivity contribution >= 4 is 32.7 Å². The van der Waals surface area contributed by atoms with Gasteiger partial charge in [-0.05, 0) is 38.1 Å². The van der Waals surface area contributed by atoms with Gasteiger partial charge in [0.05, 0.1) is 40.5 Å². The van der Waals surface area contributed by atoms with Gasteiger partial charge in [0, 0.05) is 25.7 Å². The van der Waals surface area contributed by atoms with Crippen LogP contribution in [0.25, 0.3) is 22.3 Å². The van der Waals surface area contributed by atoms with Crippen LogP contribution in [0, 0.1) is 0 Å². The summed E-state index contributed by atoms with van der Waals surface area (Å²) in [6.45, 7) is 3.98. The van der Waals surface area contributed by atoms with Gasteiger partial charge >= 0.3 is 0 Å². The molecule has 2 heterocycles. The summed E-state index contributed by atoms with van der Waals surface area (Å²) in [6, 6.07) is 15.7. The van der Waals surface area contributed by atoms with E-state index in [4.69, 9.17) is 9.72 Å². The van der Waals surface area contributed by atoms with E-state index >= 15 is 0 Å². The van der Waals surface area contributed by atoms with E-state index < -0.39 is 15.9 Å². The second-order valence-electron chi connectivity index (χ2n) is 8.44. The smallest absolute Gasteiger partial charge is 0.256 e. The predicted molar refractivity (Wildman–Crippen MR) is 135 cm³/mol. The molecule has 4 aromatic rings. The molecule has 0 spiro atoms. The zero-order chi connectivity index (χ0) is 25.3. The van der Waals surface area contributed by atoms with Crippen LogP contribution in [0.4, 0.5) is 5.69 Å². The molecule has 1 amide bonds. The Bertz CT molecular complexity index is 1500. The predicted octanol–water partition coefficient (Wildman–Crippen LogP) is 4.19. The monoisotopic (exact) mass is 493 g/mol. The van der Waals surface area contributed by atoms with Crippen LogP contribution in [0.1, 0.15) is 30.2 Å². The Morgan fingerprint density at radius 2 is 1.80 bits per heavy atom. The summed E-state index contributed by atoms with van der Waals surface area (Å²) in [4.78, 5) is 18.4. The molecule has 0 aliphatic heterocycles. The third-order valence-corrected chi connectivity index (χ3v) is 7.38. The maximum Gasteiger partial charge on any atom is 0.256 e. The van der Waals surface area contributed by atoms with E-state index in [0.29, 0.717) is 28.0 Å². The number of fused-ring (bicyclic) bond motifs is 1. The second kappa shape index (κ2) is 9.47. The second-order valence-corrected chi connectivity index (χ2v) is 10.6. The van der Waals surface area contributed by atoms with Crippen molar-refractivity contribution in [1.29, 1.82) is 0 Å². The Balaban J connectivity index is 1.84. The first kappa shape index (κ1) is 24.4. The number of aromatic nitrogens is 3. The van der Waals surface area contributed by atoms with Crippen molar-refractivity contribution in [1.82, 2.24) is 19.1 Å². The van der Waals surface area contributed by atoms with Crippen molar-refractivity contribution in [3.8, 4) is 17.0 Å². The molecule has 0 atom stereocenters. The van der Waals surface area contributed by atoms with E-state index in [2.05, 4.69) is 10.4 Å². The van der Waals surface area contributed by atoms with Gasteiger partial charge in [-0.25, -0.2) is 22.4 Å². The number of hydrogen-bond donors (Lipinski definition) is 1. The number of pyridine rings is 1. The number of hydrogen-bond acceptors (Lipinski definition) is 6. The van der Waals surface area contributed by atoms with Gasteiger partial charge in [-0.3, -0.25) is 4.79 Å². The number of benzene rings is 2. The van der Waals surface area contributed by atoms with Crippen molar-refractivity contribution in [3.05, 3.63) is 66.4 Å². The average Bonchev–Trinajstić information content (AvgIpc) is 3.28. The number of sulfonamides is 1. The van der Waals surface area contributed by atoms with Gasteiger partial charge in [-0.15, -0.1) is 0 Å². The van der Waals surface area contributed by atoms with E-state index in [1.54, 1.807) is 16.9 Å². The van der Waals surface area contributed by atoms with Crippen molar-refractivity contribution in [2.75, 3.05) is 26.5 Å². The normalized spacial score (nSPS) is 11.9.